The van der Waals surface area contributed by atoms with Gasteiger partial charge in [-0.2, -0.15) is 0 Å². The molecule has 0 saturated carbocycles. The first-order chi connectivity index (χ1) is 9.15. The van der Waals surface area contributed by atoms with Crippen LogP contribution in [0.25, 0.3) is 11.2 Å². The molecule has 3 aromatic heterocycles. The van der Waals surface area contributed by atoms with Gasteiger partial charge in [0.15, 0.2) is 17.0 Å². The van der Waals surface area contributed by atoms with Crippen LogP contribution >= 0.6 is 27.3 Å². The molecule has 5 nitrogen and oxygen atoms in total. The Balaban J connectivity index is 2.00. The number of thiophene rings is 1. The second-order valence-electron chi connectivity index (χ2n) is 3.81. The SMILES string of the molecule is O=C(Cn1c(=O)oc2cccnc21)c1ccc(Br)s1. The number of hydrogen-bond acceptors (Lipinski definition) is 5. The predicted molar refractivity (Wildman–Crippen MR) is 74.6 cm³/mol. The fourth-order valence-electron chi connectivity index (χ4n) is 1.73. The maximum atomic E-state index is 12.1. The van der Waals surface area contributed by atoms with Gasteiger partial charge < -0.3 is 4.42 Å². The van der Waals surface area contributed by atoms with E-state index in [9.17, 15) is 9.59 Å². The summed E-state index contributed by atoms with van der Waals surface area (Å²) in [6.07, 6.45) is 1.56. The molecule has 0 bridgehead atoms. The van der Waals surface area contributed by atoms with Crippen molar-refractivity contribution in [3.8, 4) is 0 Å². The summed E-state index contributed by atoms with van der Waals surface area (Å²) in [6.45, 7) is -0.0736. The fraction of sp³-hybridized carbons (Fsp3) is 0.0833. The molecule has 0 aliphatic rings. The Morgan fingerprint density at radius 1 is 1.42 bits per heavy atom. The van der Waals surface area contributed by atoms with Crippen molar-refractivity contribution in [1.29, 1.82) is 0 Å². The van der Waals surface area contributed by atoms with E-state index in [1.54, 1.807) is 30.5 Å². The summed E-state index contributed by atoms with van der Waals surface area (Å²) in [4.78, 5) is 28.4. The molecule has 3 heterocycles. The van der Waals surface area contributed by atoms with Crippen molar-refractivity contribution in [2.45, 2.75) is 6.54 Å². The molecule has 3 rings (SSSR count). The average Bonchev–Trinajstić information content (AvgIpc) is 2.95. The average molecular weight is 339 g/mol. The van der Waals surface area contributed by atoms with Crippen molar-refractivity contribution < 1.29 is 9.21 Å². The van der Waals surface area contributed by atoms with Crippen LogP contribution in [0.15, 0.2) is 43.5 Å². The maximum Gasteiger partial charge on any atom is 0.421 e. The monoisotopic (exact) mass is 338 g/mol. The number of halogens is 1. The number of carbonyl (C=O) groups is 1. The van der Waals surface area contributed by atoms with Gasteiger partial charge in [0.25, 0.3) is 0 Å². The summed E-state index contributed by atoms with van der Waals surface area (Å²) in [5, 5.41) is 0. The lowest BCUT2D eigenvalue weighted by Crippen LogP contribution is -2.20. The number of aromatic nitrogens is 2. The molecule has 0 spiro atoms. The zero-order chi connectivity index (χ0) is 13.4. The van der Waals surface area contributed by atoms with E-state index in [1.807, 2.05) is 0 Å². The Bertz CT molecular complexity index is 818. The molecule has 19 heavy (non-hydrogen) atoms. The van der Waals surface area contributed by atoms with E-state index in [2.05, 4.69) is 20.9 Å². The van der Waals surface area contributed by atoms with Crippen molar-refractivity contribution in [3.05, 3.63) is 49.7 Å². The first kappa shape index (κ1) is 12.3. The minimum absolute atomic E-state index is 0.0736. The number of oxazole rings is 1. The second-order valence-corrected chi connectivity index (χ2v) is 6.27. The molecule has 0 radical (unpaired) electrons. The van der Waals surface area contributed by atoms with Crippen LogP contribution < -0.4 is 5.76 Å². The molecular weight excluding hydrogens is 332 g/mol. The van der Waals surface area contributed by atoms with E-state index in [-0.39, 0.29) is 12.3 Å². The third-order valence-electron chi connectivity index (χ3n) is 2.57. The Kier molecular flexibility index (Phi) is 3.08. The molecule has 0 aliphatic carbocycles. The molecular formula is C12H7BrN2O3S. The predicted octanol–water partition coefficient (Wildman–Crippen LogP) is 2.70. The summed E-state index contributed by atoms with van der Waals surface area (Å²) in [7, 11) is 0. The smallest absolute Gasteiger partial charge is 0.406 e. The molecule has 0 aromatic carbocycles. The highest BCUT2D eigenvalue weighted by Gasteiger charge is 2.15. The Morgan fingerprint density at radius 2 is 2.26 bits per heavy atom. The fourth-order valence-corrected chi connectivity index (χ4v) is 3.04. The molecule has 7 heteroatoms. The number of fused-ring (bicyclic) bond motifs is 1. The number of Topliss-reactive ketones (excluding diaryl/α,β-unsaturated/α-hetero) is 1. The van der Waals surface area contributed by atoms with Crippen molar-refractivity contribution in [3.63, 3.8) is 0 Å². The van der Waals surface area contributed by atoms with Gasteiger partial charge in [0, 0.05) is 6.20 Å². The zero-order valence-electron chi connectivity index (χ0n) is 9.50. The van der Waals surface area contributed by atoms with Gasteiger partial charge in [-0.3, -0.25) is 9.36 Å². The summed E-state index contributed by atoms with van der Waals surface area (Å²) < 4.78 is 7.14. The summed E-state index contributed by atoms with van der Waals surface area (Å²) >= 11 is 4.63. The van der Waals surface area contributed by atoms with Gasteiger partial charge >= 0.3 is 5.76 Å². The lowest BCUT2D eigenvalue weighted by Gasteiger charge is -1.98. The van der Waals surface area contributed by atoms with Gasteiger partial charge in [0.1, 0.15) is 0 Å². The number of rotatable bonds is 3. The van der Waals surface area contributed by atoms with Crippen LogP contribution in [-0.4, -0.2) is 15.3 Å². The molecule has 0 N–H and O–H groups in total. The van der Waals surface area contributed by atoms with Crippen LogP contribution in [-0.2, 0) is 6.54 Å². The van der Waals surface area contributed by atoms with Crippen molar-refractivity contribution in [2.75, 3.05) is 0 Å². The third-order valence-corrected chi connectivity index (χ3v) is 4.24. The molecule has 96 valence electrons. The van der Waals surface area contributed by atoms with Crippen molar-refractivity contribution in [2.24, 2.45) is 0 Å². The van der Waals surface area contributed by atoms with E-state index in [1.165, 1.54) is 15.9 Å². The van der Waals surface area contributed by atoms with E-state index >= 15 is 0 Å². The van der Waals surface area contributed by atoms with Crippen LogP contribution in [0.1, 0.15) is 9.67 Å². The first-order valence-corrected chi connectivity index (χ1v) is 6.99. The van der Waals surface area contributed by atoms with Gasteiger partial charge in [0.2, 0.25) is 0 Å². The van der Waals surface area contributed by atoms with Crippen molar-refractivity contribution in [1.82, 2.24) is 9.55 Å². The largest absolute Gasteiger partial charge is 0.421 e. The number of nitrogens with zero attached hydrogens (tertiary/aromatic N) is 2. The number of pyridine rings is 1. The number of hydrogen-bond donors (Lipinski definition) is 0. The van der Waals surface area contributed by atoms with E-state index in [0.717, 1.165) is 3.79 Å². The number of ketones is 1. The van der Waals surface area contributed by atoms with Gasteiger partial charge in [0.05, 0.1) is 15.2 Å². The summed E-state index contributed by atoms with van der Waals surface area (Å²) in [5.74, 6) is -0.719. The molecule has 0 atom stereocenters. The van der Waals surface area contributed by atoms with E-state index in [4.69, 9.17) is 4.42 Å². The molecule has 0 aliphatic heterocycles. The Morgan fingerprint density at radius 3 is 3.00 bits per heavy atom. The highest BCUT2D eigenvalue weighted by Crippen LogP contribution is 2.23. The van der Waals surface area contributed by atoms with E-state index < -0.39 is 5.76 Å². The summed E-state index contributed by atoms with van der Waals surface area (Å²) in [5.41, 5.74) is 0.768. The minimum Gasteiger partial charge on any atom is -0.406 e. The van der Waals surface area contributed by atoms with Crippen molar-refractivity contribution >= 4 is 44.3 Å². The normalized spacial score (nSPS) is 11.0. The lowest BCUT2D eigenvalue weighted by atomic mass is 10.3. The zero-order valence-corrected chi connectivity index (χ0v) is 11.9. The lowest BCUT2D eigenvalue weighted by molar-refractivity contribution is 0.0974. The van der Waals surface area contributed by atoms with Gasteiger partial charge in [-0.15, -0.1) is 11.3 Å². The van der Waals surface area contributed by atoms with E-state index in [0.29, 0.717) is 16.1 Å². The molecule has 3 aromatic rings. The third kappa shape index (κ3) is 2.26. The molecule has 0 fully saturated rings. The highest BCUT2D eigenvalue weighted by atomic mass is 79.9. The minimum atomic E-state index is -0.572. The quantitative estimate of drug-likeness (QED) is 0.688. The Labute approximate surface area is 119 Å². The van der Waals surface area contributed by atoms with Gasteiger partial charge in [-0.1, -0.05) is 0 Å². The standard InChI is InChI=1S/C12H7BrN2O3S/c13-10-4-3-9(19-10)7(16)6-15-11-8(18-12(15)17)2-1-5-14-11/h1-5H,6H2. The van der Waals surface area contributed by atoms with Crippen LogP contribution in [0.5, 0.6) is 0 Å². The summed E-state index contributed by atoms with van der Waals surface area (Å²) in [6, 6.07) is 6.84. The van der Waals surface area contributed by atoms with Crippen LogP contribution in [0.4, 0.5) is 0 Å². The van der Waals surface area contributed by atoms with Gasteiger partial charge in [-0.05, 0) is 40.2 Å². The second kappa shape index (κ2) is 4.75. The van der Waals surface area contributed by atoms with Gasteiger partial charge in [-0.25, -0.2) is 9.78 Å². The first-order valence-electron chi connectivity index (χ1n) is 5.38. The molecule has 0 unspecified atom stereocenters. The molecule has 0 amide bonds. The number of carbonyl (C=O) groups excluding carboxylic acids is 1. The van der Waals surface area contributed by atoms with Crippen LogP contribution in [0.2, 0.25) is 0 Å². The topological polar surface area (TPSA) is 65.1 Å². The molecule has 0 saturated heterocycles. The maximum absolute atomic E-state index is 12.1. The van der Waals surface area contributed by atoms with Crippen LogP contribution in [0, 0.1) is 0 Å². The highest BCUT2D eigenvalue weighted by molar-refractivity contribution is 9.11. The Hall–Kier alpha value is -1.73. The van der Waals surface area contributed by atoms with Crippen LogP contribution in [0.3, 0.4) is 0 Å².